The summed E-state index contributed by atoms with van der Waals surface area (Å²) in [6.45, 7) is 1.92. The summed E-state index contributed by atoms with van der Waals surface area (Å²) in [6.07, 6.45) is 1.93. The van der Waals surface area contributed by atoms with E-state index >= 15 is 0 Å². The highest BCUT2D eigenvalue weighted by Gasteiger charge is 2.58. The van der Waals surface area contributed by atoms with Gasteiger partial charge in [0.05, 0.1) is 0 Å². The number of hydrogen-bond acceptors (Lipinski definition) is 6. The fourth-order valence-electron chi connectivity index (χ4n) is 4.65. The van der Waals surface area contributed by atoms with Crippen LogP contribution in [0.1, 0.15) is 50.5 Å². The molecule has 1 aliphatic rings. The lowest BCUT2D eigenvalue weighted by Gasteiger charge is -2.29. The molecule has 2 rings (SSSR count). The molecular formula is C24H39Cl2N3O9P2. The van der Waals surface area contributed by atoms with Crippen LogP contribution in [0.3, 0.4) is 0 Å². The van der Waals surface area contributed by atoms with Gasteiger partial charge in [0.2, 0.25) is 11.8 Å². The Morgan fingerprint density at radius 2 is 1.60 bits per heavy atom. The third kappa shape index (κ3) is 9.68. The van der Waals surface area contributed by atoms with Crippen LogP contribution in [-0.4, -0.2) is 90.5 Å². The molecule has 1 aromatic carbocycles. The third-order valence-corrected chi connectivity index (χ3v) is 11.1. The Bertz CT molecular complexity index is 1040. The van der Waals surface area contributed by atoms with Crippen LogP contribution in [0.25, 0.3) is 0 Å². The number of rotatable bonds is 17. The van der Waals surface area contributed by atoms with Crippen molar-refractivity contribution in [1.82, 2.24) is 10.2 Å². The zero-order chi connectivity index (χ0) is 30.0. The van der Waals surface area contributed by atoms with Crippen molar-refractivity contribution in [2.24, 2.45) is 0 Å². The lowest BCUT2D eigenvalue weighted by molar-refractivity contribution is -0.138. The van der Waals surface area contributed by atoms with Gasteiger partial charge in [-0.3, -0.25) is 18.7 Å². The van der Waals surface area contributed by atoms with Gasteiger partial charge < -0.3 is 39.8 Å². The maximum absolute atomic E-state index is 12.9. The Labute approximate surface area is 244 Å². The second kappa shape index (κ2) is 15.9. The van der Waals surface area contributed by atoms with E-state index in [1.54, 1.807) is 4.90 Å². The fraction of sp³-hybridized carbons (Fsp3) is 0.667. The minimum atomic E-state index is -5.50. The molecule has 12 nitrogen and oxygen atoms in total. The van der Waals surface area contributed by atoms with Crippen molar-refractivity contribution in [2.75, 3.05) is 42.8 Å². The van der Waals surface area contributed by atoms with Crippen molar-refractivity contribution >= 4 is 55.9 Å². The number of carbonyl (C=O) groups is 2. The van der Waals surface area contributed by atoms with Gasteiger partial charge in [0, 0.05) is 50.0 Å². The summed E-state index contributed by atoms with van der Waals surface area (Å²) in [5, 5.41) is 9.11. The first-order valence-corrected chi connectivity index (χ1v) is 17.4. The van der Waals surface area contributed by atoms with Crippen LogP contribution in [0.2, 0.25) is 0 Å². The van der Waals surface area contributed by atoms with Crippen LogP contribution in [-0.2, 0) is 25.1 Å². The van der Waals surface area contributed by atoms with Crippen LogP contribution >= 0.6 is 38.4 Å². The minimum Gasteiger partial charge on any atom is -0.369 e. The number of alkyl halides is 2. The molecule has 40 heavy (non-hydrogen) atoms. The van der Waals surface area contributed by atoms with E-state index < -0.39 is 32.7 Å². The molecule has 0 radical (unpaired) electrons. The molecule has 1 heterocycles. The van der Waals surface area contributed by atoms with Crippen LogP contribution in [0, 0.1) is 0 Å². The highest BCUT2D eigenvalue weighted by molar-refractivity contribution is 7.72. The second-order valence-corrected chi connectivity index (χ2v) is 14.5. The van der Waals surface area contributed by atoms with Gasteiger partial charge in [0.1, 0.15) is 6.04 Å². The van der Waals surface area contributed by atoms with Crippen molar-refractivity contribution in [3.8, 4) is 0 Å². The molecule has 0 bridgehead atoms. The number of amides is 2. The van der Waals surface area contributed by atoms with Gasteiger partial charge in [-0.15, -0.1) is 23.2 Å². The van der Waals surface area contributed by atoms with Gasteiger partial charge in [-0.1, -0.05) is 12.1 Å². The van der Waals surface area contributed by atoms with E-state index in [9.17, 15) is 43.4 Å². The Morgan fingerprint density at radius 1 is 1.00 bits per heavy atom. The van der Waals surface area contributed by atoms with Crippen molar-refractivity contribution in [2.45, 2.75) is 62.5 Å². The average Bonchev–Trinajstić information content (AvgIpc) is 3.37. The maximum Gasteiger partial charge on any atom is 0.369 e. The number of halogens is 2. The number of aliphatic hydroxyl groups is 1. The number of benzene rings is 1. The van der Waals surface area contributed by atoms with Crippen molar-refractivity contribution in [3.63, 3.8) is 0 Å². The van der Waals surface area contributed by atoms with E-state index in [1.165, 1.54) is 0 Å². The van der Waals surface area contributed by atoms with Gasteiger partial charge in [-0.05, 0) is 62.6 Å². The Balaban J connectivity index is 1.78. The minimum absolute atomic E-state index is 0.0545. The molecule has 16 heteroatoms. The summed E-state index contributed by atoms with van der Waals surface area (Å²) in [5.41, 5.74) is 2.12. The number of aryl methyl sites for hydroxylation is 1. The molecule has 0 spiro atoms. The lowest BCUT2D eigenvalue weighted by Crippen LogP contribution is -2.46. The van der Waals surface area contributed by atoms with E-state index in [2.05, 4.69) is 10.2 Å². The summed E-state index contributed by atoms with van der Waals surface area (Å²) in [5.74, 6) is 0.525. The van der Waals surface area contributed by atoms with Gasteiger partial charge in [-0.2, -0.15) is 0 Å². The van der Waals surface area contributed by atoms with E-state index in [0.717, 1.165) is 11.3 Å². The normalized spacial score (nSPS) is 16.3. The molecular weight excluding hydrogens is 607 g/mol. The molecule has 1 saturated heterocycles. The predicted molar refractivity (Wildman–Crippen MR) is 154 cm³/mol. The molecule has 1 aromatic rings. The Kier molecular flexibility index (Phi) is 13.9. The molecule has 0 aromatic heterocycles. The topological polar surface area (TPSA) is 188 Å². The van der Waals surface area contributed by atoms with E-state index in [4.69, 9.17) is 23.2 Å². The fourth-order valence-corrected chi connectivity index (χ4v) is 7.31. The predicted octanol–water partition coefficient (Wildman–Crippen LogP) is 2.57. The second-order valence-electron chi connectivity index (χ2n) is 9.74. The van der Waals surface area contributed by atoms with Crippen molar-refractivity contribution in [3.05, 3.63) is 29.8 Å². The van der Waals surface area contributed by atoms with Crippen LogP contribution < -0.4 is 10.2 Å². The van der Waals surface area contributed by atoms with Crippen molar-refractivity contribution in [1.29, 1.82) is 0 Å². The molecule has 0 saturated carbocycles. The zero-order valence-corrected chi connectivity index (χ0v) is 25.5. The molecule has 228 valence electrons. The first kappa shape index (κ1) is 35.0. The molecule has 0 unspecified atom stereocenters. The standard InChI is InChI=1S/C24H39Cl2N3O9P2/c25-13-17-28(18-14-26)20-10-8-19(9-11-20)5-3-7-22(30)29-16-4-6-21(29)23(31)27-15-2-1-12-24(32,39(33,34)35)40(36,37)38/h8-11,21,32H,1-7,12-18H2,(H,27,31)(H2,33,34,35)(H2,36,37,38)/t21-/m0/s1. The van der Waals surface area contributed by atoms with E-state index in [0.29, 0.717) is 63.5 Å². The van der Waals surface area contributed by atoms with Crippen LogP contribution in [0.5, 0.6) is 0 Å². The first-order chi connectivity index (χ1) is 18.7. The number of hydrogen-bond donors (Lipinski definition) is 6. The summed E-state index contributed by atoms with van der Waals surface area (Å²) in [7, 11) is -11.0. The number of unbranched alkanes of at least 4 members (excludes halogenated alkanes) is 1. The molecule has 2 amide bonds. The van der Waals surface area contributed by atoms with Crippen LogP contribution in [0.4, 0.5) is 5.69 Å². The lowest BCUT2D eigenvalue weighted by atomic mass is 10.1. The maximum atomic E-state index is 12.9. The number of likely N-dealkylation sites (tertiary alicyclic amines) is 1. The third-order valence-electron chi connectivity index (χ3n) is 6.91. The molecule has 1 aliphatic heterocycles. The van der Waals surface area contributed by atoms with E-state index in [1.807, 2.05) is 24.3 Å². The molecule has 1 fully saturated rings. The Morgan fingerprint density at radius 3 is 2.15 bits per heavy atom. The molecule has 6 N–H and O–H groups in total. The average molecular weight is 646 g/mol. The van der Waals surface area contributed by atoms with Gasteiger partial charge >= 0.3 is 15.2 Å². The quantitative estimate of drug-likeness (QED) is 0.0834. The summed E-state index contributed by atoms with van der Waals surface area (Å²) >= 11 is 11.7. The highest BCUT2D eigenvalue weighted by Crippen LogP contribution is 2.69. The SMILES string of the molecule is O=C(NCCCCC(O)(P(=O)(O)O)P(=O)(O)O)[C@@H]1CCCN1C(=O)CCCc1ccc(N(CCCl)CCCl)cc1. The summed E-state index contributed by atoms with van der Waals surface area (Å²) in [4.78, 5) is 66.0. The smallest absolute Gasteiger partial charge is 0.369 e. The monoisotopic (exact) mass is 645 g/mol. The number of nitrogens with zero attached hydrogens (tertiary/aromatic N) is 2. The van der Waals surface area contributed by atoms with Gasteiger partial charge in [0.25, 0.3) is 5.08 Å². The number of nitrogens with one attached hydrogen (secondary N) is 1. The van der Waals surface area contributed by atoms with Gasteiger partial charge in [0.15, 0.2) is 0 Å². The van der Waals surface area contributed by atoms with Crippen LogP contribution in [0.15, 0.2) is 24.3 Å². The zero-order valence-electron chi connectivity index (χ0n) is 22.2. The molecule has 1 atom stereocenters. The summed E-state index contributed by atoms with van der Waals surface area (Å²) in [6, 6.07) is 7.43. The highest BCUT2D eigenvalue weighted by atomic mass is 35.5. The summed E-state index contributed by atoms with van der Waals surface area (Å²) < 4.78 is 22.8. The number of carbonyl (C=O) groups excluding carboxylic acids is 2. The first-order valence-electron chi connectivity index (χ1n) is 13.1. The van der Waals surface area contributed by atoms with Crippen molar-refractivity contribution < 1.29 is 43.4 Å². The number of anilines is 1. The Hall–Kier alpha value is -1.20. The van der Waals surface area contributed by atoms with E-state index in [-0.39, 0.29) is 31.2 Å². The molecule has 0 aliphatic carbocycles. The van der Waals surface area contributed by atoms with Gasteiger partial charge in [-0.25, -0.2) is 0 Å². The largest absolute Gasteiger partial charge is 0.369 e.